The van der Waals surface area contributed by atoms with Crippen LogP contribution in [0.3, 0.4) is 0 Å². The van der Waals surface area contributed by atoms with Gasteiger partial charge in [-0.1, -0.05) is 0 Å². The lowest BCUT2D eigenvalue weighted by molar-refractivity contribution is -0.132. The first-order valence-electron chi connectivity index (χ1n) is 7.58. The van der Waals surface area contributed by atoms with E-state index in [4.69, 9.17) is 10.00 Å². The first kappa shape index (κ1) is 17.8. The molecule has 1 aliphatic heterocycles. The molecule has 1 aliphatic carbocycles. The summed E-state index contributed by atoms with van der Waals surface area (Å²) in [4.78, 5) is -0.866. The van der Waals surface area contributed by atoms with Crippen LogP contribution in [0, 0.1) is 17.1 Å². The van der Waals surface area contributed by atoms with Crippen LogP contribution in [0.15, 0.2) is 35.2 Å². The van der Waals surface area contributed by atoms with E-state index in [-0.39, 0.29) is 17.1 Å². The van der Waals surface area contributed by atoms with Crippen LogP contribution in [0.2, 0.25) is 0 Å². The van der Waals surface area contributed by atoms with Crippen LogP contribution in [0.4, 0.5) is 17.6 Å². The van der Waals surface area contributed by atoms with Gasteiger partial charge in [0.25, 0.3) is 0 Å². The van der Waals surface area contributed by atoms with Gasteiger partial charge in [0, 0.05) is 23.6 Å². The average Bonchev–Trinajstić information content (AvgIpc) is 2.92. The van der Waals surface area contributed by atoms with Gasteiger partial charge in [0.05, 0.1) is 16.5 Å². The van der Waals surface area contributed by atoms with E-state index in [0.717, 1.165) is 30.3 Å². The molecule has 0 amide bonds. The standard InChI is InChI=1S/C17H9F4NO4S/c18-9-3-8(7-22)4-10(5-9)26-12-1-2-13-15-14(12)11(19)6-16(15,23)17(20,21)27(13,24)25/h1-5,11,23H,6H2/t11?,16-/m0/s1. The summed E-state index contributed by atoms with van der Waals surface area (Å²) in [6.45, 7) is 0. The smallest absolute Gasteiger partial charge is 0.382 e. The Hall–Kier alpha value is -2.64. The number of sulfone groups is 1. The summed E-state index contributed by atoms with van der Waals surface area (Å²) < 4.78 is 86.2. The van der Waals surface area contributed by atoms with E-state index in [1.807, 2.05) is 0 Å². The summed E-state index contributed by atoms with van der Waals surface area (Å²) in [6.07, 6.45) is -3.28. The molecule has 0 saturated heterocycles. The number of hydrogen-bond acceptors (Lipinski definition) is 5. The molecular weight excluding hydrogens is 390 g/mol. The number of halogens is 4. The molecule has 0 radical (unpaired) electrons. The van der Waals surface area contributed by atoms with Crippen molar-refractivity contribution in [1.82, 2.24) is 0 Å². The Morgan fingerprint density at radius 1 is 1.26 bits per heavy atom. The normalized spacial score (nSPS) is 26.4. The average molecular weight is 399 g/mol. The highest BCUT2D eigenvalue weighted by Gasteiger charge is 2.74. The maximum Gasteiger partial charge on any atom is 0.382 e. The van der Waals surface area contributed by atoms with Crippen molar-refractivity contribution in [3.63, 3.8) is 0 Å². The van der Waals surface area contributed by atoms with Gasteiger partial charge in [0.1, 0.15) is 23.5 Å². The molecule has 2 atom stereocenters. The largest absolute Gasteiger partial charge is 0.457 e. The molecule has 2 aliphatic rings. The molecule has 0 bridgehead atoms. The van der Waals surface area contributed by atoms with E-state index < -0.39 is 55.1 Å². The predicted octanol–water partition coefficient (Wildman–Crippen LogP) is 3.47. The zero-order chi connectivity index (χ0) is 19.8. The molecule has 10 heteroatoms. The van der Waals surface area contributed by atoms with Crippen LogP contribution in [0.25, 0.3) is 0 Å². The van der Waals surface area contributed by atoms with E-state index in [2.05, 4.69) is 0 Å². The maximum atomic E-state index is 14.5. The van der Waals surface area contributed by atoms with E-state index >= 15 is 0 Å². The van der Waals surface area contributed by atoms with E-state index in [1.165, 1.54) is 0 Å². The van der Waals surface area contributed by atoms with Crippen molar-refractivity contribution in [2.45, 2.75) is 28.3 Å². The van der Waals surface area contributed by atoms with Crippen molar-refractivity contribution in [1.29, 1.82) is 5.26 Å². The molecule has 1 unspecified atom stereocenters. The monoisotopic (exact) mass is 399 g/mol. The van der Waals surface area contributed by atoms with Crippen LogP contribution < -0.4 is 4.74 Å². The van der Waals surface area contributed by atoms with Gasteiger partial charge in [-0.25, -0.2) is 17.2 Å². The highest BCUT2D eigenvalue weighted by Crippen LogP contribution is 2.64. The van der Waals surface area contributed by atoms with E-state index in [9.17, 15) is 31.1 Å². The second kappa shape index (κ2) is 5.21. The Kier molecular flexibility index (Phi) is 3.42. The Labute approximate surface area is 150 Å². The Balaban J connectivity index is 1.91. The number of rotatable bonds is 2. The maximum absolute atomic E-state index is 14.5. The Bertz CT molecular complexity index is 1140. The van der Waals surface area contributed by atoms with Gasteiger partial charge in [0.15, 0.2) is 5.60 Å². The van der Waals surface area contributed by atoms with Crippen molar-refractivity contribution < 1.29 is 35.8 Å². The molecule has 5 nitrogen and oxygen atoms in total. The minimum absolute atomic E-state index is 0.0926. The molecule has 1 N–H and O–H groups in total. The van der Waals surface area contributed by atoms with Crippen molar-refractivity contribution in [3.8, 4) is 17.6 Å². The number of ether oxygens (including phenoxy) is 1. The molecule has 0 spiro atoms. The summed E-state index contributed by atoms with van der Waals surface area (Å²) in [5, 5.41) is 14.6. The molecule has 140 valence electrons. The lowest BCUT2D eigenvalue weighted by Gasteiger charge is -2.25. The number of benzene rings is 2. The zero-order valence-electron chi connectivity index (χ0n) is 13.2. The first-order valence-corrected chi connectivity index (χ1v) is 9.06. The number of hydrogen-bond donors (Lipinski definition) is 1. The summed E-state index contributed by atoms with van der Waals surface area (Å²) in [7, 11) is -5.20. The molecule has 1 heterocycles. The molecule has 0 fully saturated rings. The number of nitrogens with zero attached hydrogens (tertiary/aromatic N) is 1. The van der Waals surface area contributed by atoms with Gasteiger partial charge in [-0.3, -0.25) is 0 Å². The van der Waals surface area contributed by atoms with Crippen molar-refractivity contribution in [2.75, 3.05) is 0 Å². The van der Waals surface area contributed by atoms with Crippen LogP contribution in [-0.4, -0.2) is 18.8 Å². The Morgan fingerprint density at radius 3 is 2.63 bits per heavy atom. The van der Waals surface area contributed by atoms with Gasteiger partial charge in [-0.05, 0) is 24.3 Å². The van der Waals surface area contributed by atoms with Gasteiger partial charge in [-0.15, -0.1) is 0 Å². The number of nitriles is 1. The van der Waals surface area contributed by atoms with Gasteiger partial charge >= 0.3 is 5.25 Å². The van der Waals surface area contributed by atoms with Crippen molar-refractivity contribution >= 4 is 9.84 Å². The lowest BCUT2D eigenvalue weighted by Crippen LogP contribution is -2.43. The summed E-state index contributed by atoms with van der Waals surface area (Å²) in [6, 6.07) is 6.41. The second-order valence-corrected chi connectivity index (χ2v) is 8.25. The summed E-state index contributed by atoms with van der Waals surface area (Å²) in [5.74, 6) is -1.37. The van der Waals surface area contributed by atoms with Gasteiger partial charge in [-0.2, -0.15) is 14.0 Å². The van der Waals surface area contributed by atoms with Crippen LogP contribution in [0.1, 0.15) is 29.3 Å². The van der Waals surface area contributed by atoms with E-state index in [1.54, 1.807) is 6.07 Å². The quantitative estimate of drug-likeness (QED) is 0.782. The summed E-state index contributed by atoms with van der Waals surface area (Å²) >= 11 is 0. The fraction of sp³-hybridized carbons (Fsp3) is 0.235. The third-order valence-electron chi connectivity index (χ3n) is 4.71. The first-order chi connectivity index (χ1) is 12.5. The van der Waals surface area contributed by atoms with Crippen LogP contribution in [-0.2, 0) is 15.4 Å². The van der Waals surface area contributed by atoms with Crippen molar-refractivity contribution in [3.05, 3.63) is 52.8 Å². The fourth-order valence-electron chi connectivity index (χ4n) is 3.53. The third kappa shape index (κ3) is 2.09. The highest BCUT2D eigenvalue weighted by molar-refractivity contribution is 7.93. The molecule has 4 rings (SSSR count). The lowest BCUT2D eigenvalue weighted by atomic mass is 9.96. The zero-order valence-corrected chi connectivity index (χ0v) is 14.0. The molecule has 2 aromatic rings. The van der Waals surface area contributed by atoms with Gasteiger partial charge in [0.2, 0.25) is 9.84 Å². The van der Waals surface area contributed by atoms with Crippen molar-refractivity contribution in [2.24, 2.45) is 0 Å². The predicted molar refractivity (Wildman–Crippen MR) is 82.1 cm³/mol. The topological polar surface area (TPSA) is 87.4 Å². The number of alkyl halides is 3. The summed E-state index contributed by atoms with van der Waals surface area (Å²) in [5.41, 5.74) is -4.58. The minimum Gasteiger partial charge on any atom is -0.457 e. The van der Waals surface area contributed by atoms with Gasteiger partial charge < -0.3 is 9.84 Å². The number of aliphatic hydroxyl groups is 1. The molecule has 0 saturated carbocycles. The highest BCUT2D eigenvalue weighted by atomic mass is 32.2. The molecular formula is C17H9F4NO4S. The van der Waals surface area contributed by atoms with Crippen LogP contribution in [0.5, 0.6) is 11.5 Å². The second-order valence-electron chi connectivity index (χ2n) is 6.29. The third-order valence-corrected chi connectivity index (χ3v) is 6.64. The van der Waals surface area contributed by atoms with E-state index in [0.29, 0.717) is 0 Å². The molecule has 2 aromatic carbocycles. The minimum atomic E-state index is -5.20. The van der Waals surface area contributed by atoms with Crippen LogP contribution >= 0.6 is 0 Å². The molecule has 0 aromatic heterocycles. The Morgan fingerprint density at radius 2 is 1.96 bits per heavy atom. The fourth-order valence-corrected chi connectivity index (χ4v) is 5.23. The molecule has 27 heavy (non-hydrogen) atoms. The SMILES string of the molecule is N#Cc1cc(F)cc(Oc2ccc3c4c2C(F)C[C@@]4(O)C(F)(F)S3(=O)=O)c1.